The van der Waals surface area contributed by atoms with E-state index >= 15 is 0 Å². The third kappa shape index (κ3) is 17.6. The van der Waals surface area contributed by atoms with Crippen LogP contribution in [0, 0.1) is 11.3 Å². The molecule has 1 saturated heterocycles. The third-order valence-corrected chi connectivity index (χ3v) is 11.4. The van der Waals surface area contributed by atoms with Gasteiger partial charge in [-0.2, -0.15) is 0 Å². The summed E-state index contributed by atoms with van der Waals surface area (Å²) in [7, 11) is 0. The summed E-state index contributed by atoms with van der Waals surface area (Å²) in [5, 5.41) is 28.0. The van der Waals surface area contributed by atoms with Crippen LogP contribution in [0.15, 0.2) is 60.8 Å². The van der Waals surface area contributed by atoms with Gasteiger partial charge in [-0.25, -0.2) is 0 Å². The van der Waals surface area contributed by atoms with Crippen molar-refractivity contribution in [1.82, 2.24) is 42.2 Å². The average molecular weight is 915 g/mol. The second kappa shape index (κ2) is 26.8. The number of rotatable bonds is 12. The molecule has 6 atom stereocenters. The van der Waals surface area contributed by atoms with E-state index in [-0.39, 0.29) is 82.5 Å². The third-order valence-electron chi connectivity index (χ3n) is 11.4. The normalized spacial score (nSPS) is 23.0. The van der Waals surface area contributed by atoms with Crippen LogP contribution in [0.25, 0.3) is 10.9 Å². The van der Waals surface area contributed by atoms with Gasteiger partial charge in [0.1, 0.15) is 36.0 Å². The van der Waals surface area contributed by atoms with Crippen LogP contribution in [0.4, 0.5) is 0 Å². The summed E-state index contributed by atoms with van der Waals surface area (Å²) in [5.41, 5.74) is 18.8. The lowest BCUT2D eigenvalue weighted by Gasteiger charge is -2.27. The van der Waals surface area contributed by atoms with Gasteiger partial charge in [-0.3, -0.25) is 43.8 Å². The van der Waals surface area contributed by atoms with Crippen molar-refractivity contribution in [2.24, 2.45) is 23.1 Å². The molecule has 0 aliphatic carbocycles. The number of H-pyrrole nitrogens is 1. The molecule has 2 heterocycles. The van der Waals surface area contributed by atoms with Crippen molar-refractivity contribution in [3.8, 4) is 0 Å². The summed E-state index contributed by atoms with van der Waals surface area (Å²) in [6, 6.07) is 9.90. The Hall–Kier alpha value is -6.83. The molecule has 0 saturated carbocycles. The predicted octanol–water partition coefficient (Wildman–Crippen LogP) is -0.0697. The lowest BCUT2D eigenvalue weighted by atomic mass is 9.99. The number of carbonyl (C=O) groups excluding carboxylic acids is 8. The van der Waals surface area contributed by atoms with Crippen LogP contribution in [0.3, 0.4) is 0 Å². The van der Waals surface area contributed by atoms with E-state index in [0.29, 0.717) is 43.5 Å². The van der Waals surface area contributed by atoms with Gasteiger partial charge in [0.15, 0.2) is 5.96 Å². The minimum absolute atomic E-state index is 0.0130. The highest BCUT2D eigenvalue weighted by Crippen LogP contribution is 2.20. The first-order valence-electron chi connectivity index (χ1n) is 22.6. The Balaban J connectivity index is 1.71. The van der Waals surface area contributed by atoms with Crippen LogP contribution >= 0.6 is 0 Å². The van der Waals surface area contributed by atoms with Crippen molar-refractivity contribution >= 4 is 64.0 Å². The number of aromatic amines is 1. The number of nitrogens with two attached hydrogens (primary N) is 3. The van der Waals surface area contributed by atoms with Crippen molar-refractivity contribution in [2.45, 2.75) is 121 Å². The number of benzene rings is 2. The Labute approximate surface area is 384 Å². The Bertz CT molecular complexity index is 2150. The van der Waals surface area contributed by atoms with E-state index in [1.165, 1.54) is 0 Å². The van der Waals surface area contributed by atoms with Crippen LogP contribution in [-0.2, 0) is 51.2 Å². The number of fused-ring (bicyclic) bond motifs is 1. The Morgan fingerprint density at radius 1 is 0.682 bits per heavy atom. The van der Waals surface area contributed by atoms with E-state index in [9.17, 15) is 38.4 Å². The van der Waals surface area contributed by atoms with Crippen LogP contribution in [0.1, 0.15) is 88.7 Å². The zero-order chi connectivity index (χ0) is 48.0. The van der Waals surface area contributed by atoms with Gasteiger partial charge in [-0.1, -0.05) is 55.5 Å². The number of aromatic nitrogens is 1. The number of ketones is 1. The fraction of sp³-hybridized carbons (Fsp3) is 0.500. The molecule has 0 radical (unpaired) electrons. The second-order valence-electron chi connectivity index (χ2n) is 16.8. The van der Waals surface area contributed by atoms with Gasteiger partial charge >= 0.3 is 0 Å². The lowest BCUT2D eigenvalue weighted by Crippen LogP contribution is -2.60. The molecule has 3 aromatic rings. The van der Waals surface area contributed by atoms with Crippen molar-refractivity contribution in [2.75, 3.05) is 19.6 Å². The number of carbonyl (C=O) groups is 8. The predicted molar refractivity (Wildman–Crippen MR) is 248 cm³/mol. The number of para-hydroxylation sites is 1. The van der Waals surface area contributed by atoms with Crippen molar-refractivity contribution in [1.29, 1.82) is 5.41 Å². The van der Waals surface area contributed by atoms with E-state index in [4.69, 9.17) is 22.6 Å². The number of hydrogen-bond donors (Lipinski definition) is 12. The van der Waals surface area contributed by atoms with Gasteiger partial charge in [0.05, 0.1) is 0 Å². The van der Waals surface area contributed by atoms with Gasteiger partial charge in [-0.05, 0) is 81.6 Å². The number of amides is 7. The smallest absolute Gasteiger partial charge is 0.243 e. The minimum atomic E-state index is -1.33. The number of nitrogens with one attached hydrogen (secondary N) is 9. The fourth-order valence-electron chi connectivity index (χ4n) is 7.60. The Morgan fingerprint density at radius 2 is 1.29 bits per heavy atom. The molecule has 0 spiro atoms. The van der Waals surface area contributed by atoms with Gasteiger partial charge < -0.3 is 59.4 Å². The first-order chi connectivity index (χ1) is 31.6. The quantitative estimate of drug-likeness (QED) is 0.0648. The van der Waals surface area contributed by atoms with Crippen LogP contribution < -0.4 is 54.4 Å². The van der Waals surface area contributed by atoms with Gasteiger partial charge in [0.25, 0.3) is 0 Å². The van der Waals surface area contributed by atoms with Gasteiger partial charge in [-0.15, -0.1) is 0 Å². The van der Waals surface area contributed by atoms with Crippen molar-refractivity contribution < 1.29 is 38.4 Å². The van der Waals surface area contributed by atoms with E-state index in [2.05, 4.69) is 42.2 Å². The first-order valence-corrected chi connectivity index (χ1v) is 22.6. The van der Waals surface area contributed by atoms with Crippen molar-refractivity contribution in [3.05, 3.63) is 71.9 Å². The summed E-state index contributed by atoms with van der Waals surface area (Å²) in [4.78, 5) is 111. The highest BCUT2D eigenvalue weighted by molar-refractivity contribution is 5.97. The maximum absolute atomic E-state index is 14.5. The van der Waals surface area contributed by atoms with Crippen LogP contribution in [0.5, 0.6) is 0 Å². The highest BCUT2D eigenvalue weighted by atomic mass is 16.2. The second-order valence-corrected chi connectivity index (χ2v) is 16.8. The molecular formula is C46H66N12O8. The number of Topliss-reactive ketones (excluding diaryl/α,β-unsaturated/α-hetero) is 1. The van der Waals surface area contributed by atoms with Crippen LogP contribution in [-0.4, -0.2) is 108 Å². The molecule has 0 bridgehead atoms. The molecule has 20 heteroatoms. The zero-order valence-corrected chi connectivity index (χ0v) is 37.5. The maximum atomic E-state index is 14.5. The van der Waals surface area contributed by atoms with Crippen LogP contribution in [0.2, 0.25) is 0 Å². The molecule has 15 N–H and O–H groups in total. The molecule has 358 valence electrons. The molecular weight excluding hydrogens is 849 g/mol. The summed E-state index contributed by atoms with van der Waals surface area (Å²) in [6.07, 6.45) is 3.99. The molecule has 1 aliphatic rings. The van der Waals surface area contributed by atoms with E-state index < -0.39 is 77.5 Å². The largest absolute Gasteiger partial charge is 0.370 e. The fourth-order valence-corrected chi connectivity index (χ4v) is 7.60. The molecule has 2 aromatic carbocycles. The molecule has 20 nitrogen and oxygen atoms in total. The molecule has 1 aromatic heterocycles. The summed E-state index contributed by atoms with van der Waals surface area (Å²) < 4.78 is 0. The summed E-state index contributed by atoms with van der Waals surface area (Å²) >= 11 is 0. The molecule has 4 rings (SSSR count). The molecule has 1 aliphatic heterocycles. The Morgan fingerprint density at radius 3 is 1.98 bits per heavy atom. The van der Waals surface area contributed by atoms with Gasteiger partial charge in [0, 0.05) is 61.7 Å². The maximum Gasteiger partial charge on any atom is 0.243 e. The van der Waals surface area contributed by atoms with Gasteiger partial charge in [0.2, 0.25) is 41.4 Å². The first kappa shape index (κ1) is 51.8. The standard InChI is InChI=1S/C46H66N12O8/c1-28-18-19-31(59)13-9-23-51-22-8-7-16-34(40(48)61)54-45(66)38(26-30-27-53-33-15-6-5-14-32(30)33)58-42(63)35(17-10-24-52-46(49)50)56-44(65)37(25-29-11-3-2-4-12-29)57-43(64)36(55-41(28)62)20-21-39(47)60/h2-6,11-12,14-15,27-28,34-38,51,53H,7-10,13,16-26H2,1H3,(H2,47,60)(H2,48,61)(H,54,66)(H,55,62)(H,56,65)(H,57,64)(H,58,63)(H4,49,50,52)/t28-,34-,35?,36-,37+,38-/m0/s1. The number of hydrogen-bond acceptors (Lipinski definition) is 10. The number of guanidine groups is 1. The molecule has 66 heavy (non-hydrogen) atoms. The SMILES string of the molecule is C[C@H]1CCC(=O)CCCNCCCC[C@@H](C(N)=O)NC(=O)[C@H](Cc2c[nH]c3ccccc23)NC(=O)C(CCCNC(=N)N)NC(=O)[C@@H](Cc2ccccc2)NC(=O)[C@H](CCC(N)=O)NC1=O. The lowest BCUT2D eigenvalue weighted by molar-refractivity contribution is -0.135. The monoisotopic (exact) mass is 915 g/mol. The van der Waals surface area contributed by atoms with Crippen molar-refractivity contribution in [3.63, 3.8) is 0 Å². The van der Waals surface area contributed by atoms with E-state index in [1.807, 2.05) is 24.3 Å². The summed E-state index contributed by atoms with van der Waals surface area (Å²) in [6.45, 7) is 2.92. The molecule has 7 amide bonds. The summed E-state index contributed by atoms with van der Waals surface area (Å²) in [5.74, 6) is -6.03. The highest BCUT2D eigenvalue weighted by Gasteiger charge is 2.33. The topological polar surface area (TPSA) is 338 Å². The Kier molecular flexibility index (Phi) is 21.1. The minimum Gasteiger partial charge on any atom is -0.370 e. The number of primary amides is 2. The zero-order valence-electron chi connectivity index (χ0n) is 37.5. The van der Waals surface area contributed by atoms with E-state index in [1.54, 1.807) is 43.5 Å². The van der Waals surface area contributed by atoms with E-state index in [0.717, 1.165) is 10.9 Å². The average Bonchev–Trinajstić information content (AvgIpc) is 3.69. The molecule has 1 fully saturated rings. The molecule has 1 unspecified atom stereocenters.